The van der Waals surface area contributed by atoms with Gasteiger partial charge in [-0.25, -0.2) is 3.93 Å². The predicted octanol–water partition coefficient (Wildman–Crippen LogP) is 0.897. The summed E-state index contributed by atoms with van der Waals surface area (Å²) < 4.78 is 2.17. The van der Waals surface area contributed by atoms with Gasteiger partial charge < -0.3 is 5.32 Å². The summed E-state index contributed by atoms with van der Waals surface area (Å²) in [5.74, 6) is 0.898. The van der Waals surface area contributed by atoms with E-state index >= 15 is 0 Å². The summed E-state index contributed by atoms with van der Waals surface area (Å²) in [6, 6.07) is 0.444. The lowest BCUT2D eigenvalue weighted by molar-refractivity contribution is -0.124. The molecule has 0 aromatic rings. The van der Waals surface area contributed by atoms with E-state index in [0.29, 0.717) is 18.4 Å². The first-order valence-electron chi connectivity index (χ1n) is 4.46. The van der Waals surface area contributed by atoms with E-state index in [1.54, 1.807) is 0 Å². The van der Waals surface area contributed by atoms with Gasteiger partial charge in [0.1, 0.15) is 0 Å². The van der Waals surface area contributed by atoms with Crippen LogP contribution >= 0.6 is 16.1 Å². The summed E-state index contributed by atoms with van der Waals surface area (Å²) in [6.07, 6.45) is 2.85. The number of hydrogen-bond acceptors (Lipinski definition) is 2. The van der Waals surface area contributed by atoms with E-state index in [2.05, 4.69) is 25.4 Å². The van der Waals surface area contributed by atoms with E-state index in [-0.39, 0.29) is 5.91 Å². The number of piperidine rings is 2. The van der Waals surface area contributed by atoms with Crippen LogP contribution in [-0.4, -0.2) is 29.0 Å². The van der Waals surface area contributed by atoms with Crippen molar-refractivity contribution in [2.24, 2.45) is 5.92 Å². The molecule has 0 spiro atoms. The Kier molecular flexibility index (Phi) is 2.37. The van der Waals surface area contributed by atoms with Crippen molar-refractivity contribution in [2.45, 2.75) is 25.3 Å². The fraction of sp³-hybridized carbons (Fsp3) is 0.875. The van der Waals surface area contributed by atoms with Gasteiger partial charge in [-0.2, -0.15) is 0 Å². The smallest absolute Gasteiger partial charge is 0.220 e. The average molecular weight is 233 g/mol. The zero-order valence-corrected chi connectivity index (χ0v) is 8.51. The number of amides is 1. The number of rotatable bonds is 0. The Bertz CT molecular complexity index is 197. The van der Waals surface area contributed by atoms with Gasteiger partial charge in [0.25, 0.3) is 0 Å². The molecule has 2 unspecified atom stereocenters. The van der Waals surface area contributed by atoms with Crippen molar-refractivity contribution in [1.29, 1.82) is 0 Å². The first-order chi connectivity index (χ1) is 5.75. The van der Waals surface area contributed by atoms with Gasteiger partial charge in [-0.05, 0) is 18.8 Å². The van der Waals surface area contributed by atoms with Crippen LogP contribution in [0.25, 0.3) is 0 Å². The Labute approximate surface area is 80.8 Å². The molecule has 2 atom stereocenters. The molecule has 0 radical (unpaired) electrons. The molecule has 1 amide bonds. The second-order valence-electron chi connectivity index (χ2n) is 3.63. The molecule has 2 fully saturated rings. The molecular weight excluding hydrogens is 220 g/mol. The monoisotopic (exact) mass is 232 g/mol. The highest BCUT2D eigenvalue weighted by Gasteiger charge is 2.32. The highest BCUT2D eigenvalue weighted by molar-refractivity contribution is 9.07. The highest BCUT2D eigenvalue weighted by atomic mass is 79.9. The second kappa shape index (κ2) is 3.34. The molecule has 2 aliphatic heterocycles. The van der Waals surface area contributed by atoms with Crippen LogP contribution in [0, 0.1) is 5.92 Å². The third kappa shape index (κ3) is 1.64. The van der Waals surface area contributed by atoms with Crippen LogP contribution in [0.2, 0.25) is 0 Å². The largest absolute Gasteiger partial charge is 0.353 e. The summed E-state index contributed by atoms with van der Waals surface area (Å²) in [5.41, 5.74) is 0. The molecule has 0 aromatic carbocycles. The molecule has 0 bridgehead atoms. The van der Waals surface area contributed by atoms with Gasteiger partial charge in [-0.15, -0.1) is 0 Å². The summed E-state index contributed by atoms with van der Waals surface area (Å²) in [4.78, 5) is 11.1. The van der Waals surface area contributed by atoms with Crippen molar-refractivity contribution in [3.05, 3.63) is 0 Å². The van der Waals surface area contributed by atoms with E-state index in [4.69, 9.17) is 0 Å². The minimum atomic E-state index is 0.235. The normalized spacial score (nSPS) is 37.2. The first kappa shape index (κ1) is 8.51. The van der Waals surface area contributed by atoms with Crippen LogP contribution in [0.15, 0.2) is 0 Å². The third-order valence-corrected chi connectivity index (χ3v) is 3.42. The summed E-state index contributed by atoms with van der Waals surface area (Å²) >= 11 is 3.49. The summed E-state index contributed by atoms with van der Waals surface area (Å²) in [5, 5.41) is 3.05. The molecule has 12 heavy (non-hydrogen) atoms. The van der Waals surface area contributed by atoms with Gasteiger partial charge in [-0.3, -0.25) is 4.79 Å². The van der Waals surface area contributed by atoms with Crippen LogP contribution in [-0.2, 0) is 4.79 Å². The number of nitrogens with one attached hydrogen (secondary N) is 1. The molecule has 3 nitrogen and oxygen atoms in total. The van der Waals surface area contributed by atoms with Gasteiger partial charge in [-0.1, -0.05) is 0 Å². The van der Waals surface area contributed by atoms with Crippen LogP contribution < -0.4 is 5.32 Å². The maximum atomic E-state index is 11.1. The van der Waals surface area contributed by atoms with Crippen molar-refractivity contribution in [3.63, 3.8) is 0 Å². The van der Waals surface area contributed by atoms with Crippen molar-refractivity contribution < 1.29 is 4.79 Å². The Balaban J connectivity index is 1.98. The molecule has 0 saturated carbocycles. The number of halogens is 1. The number of hydrogen-bond donors (Lipinski definition) is 1. The quantitative estimate of drug-likeness (QED) is 0.630. The van der Waals surface area contributed by atoms with E-state index in [0.717, 1.165) is 25.9 Å². The van der Waals surface area contributed by atoms with E-state index in [1.807, 2.05) is 0 Å². The molecular formula is C8H13BrN2O. The number of carbonyl (C=O) groups excluding carboxylic acids is 1. The second-order valence-corrected chi connectivity index (χ2v) is 4.63. The minimum Gasteiger partial charge on any atom is -0.353 e. The Morgan fingerprint density at radius 1 is 1.50 bits per heavy atom. The molecule has 2 saturated heterocycles. The molecule has 0 aromatic heterocycles. The van der Waals surface area contributed by atoms with Crippen LogP contribution in [0.5, 0.6) is 0 Å². The van der Waals surface area contributed by atoms with Crippen LogP contribution in [0.1, 0.15) is 19.3 Å². The van der Waals surface area contributed by atoms with Crippen molar-refractivity contribution in [2.75, 3.05) is 13.1 Å². The lowest BCUT2D eigenvalue weighted by Gasteiger charge is -2.38. The van der Waals surface area contributed by atoms with Gasteiger partial charge in [0.2, 0.25) is 5.91 Å². The fourth-order valence-electron chi connectivity index (χ4n) is 2.07. The highest BCUT2D eigenvalue weighted by Crippen LogP contribution is 2.26. The van der Waals surface area contributed by atoms with Gasteiger partial charge in [0.05, 0.1) is 0 Å². The first-order valence-corrected chi connectivity index (χ1v) is 5.17. The molecule has 1 N–H and O–H groups in total. The lowest BCUT2D eigenvalue weighted by Crippen LogP contribution is -2.51. The SMILES string of the molecule is O=C1CCC2CN(Br)CCC2N1. The zero-order valence-electron chi connectivity index (χ0n) is 6.92. The maximum absolute atomic E-state index is 11.1. The number of carbonyl (C=O) groups is 1. The number of fused-ring (bicyclic) bond motifs is 1. The minimum absolute atomic E-state index is 0.235. The summed E-state index contributed by atoms with van der Waals surface area (Å²) in [6.45, 7) is 2.12. The average Bonchev–Trinajstić information content (AvgIpc) is 2.05. The van der Waals surface area contributed by atoms with Crippen LogP contribution in [0.3, 0.4) is 0 Å². The maximum Gasteiger partial charge on any atom is 0.220 e. The van der Waals surface area contributed by atoms with Crippen LogP contribution in [0.4, 0.5) is 0 Å². The molecule has 2 aliphatic rings. The van der Waals surface area contributed by atoms with E-state index in [9.17, 15) is 4.79 Å². The molecule has 4 heteroatoms. The lowest BCUT2D eigenvalue weighted by atomic mass is 9.86. The molecule has 2 heterocycles. The third-order valence-electron chi connectivity index (χ3n) is 2.77. The van der Waals surface area contributed by atoms with E-state index in [1.165, 1.54) is 0 Å². The molecule has 68 valence electrons. The van der Waals surface area contributed by atoms with Crippen molar-refractivity contribution >= 4 is 22.1 Å². The fourth-order valence-corrected chi connectivity index (χ4v) is 2.64. The van der Waals surface area contributed by atoms with Gasteiger partial charge >= 0.3 is 0 Å². The predicted molar refractivity (Wildman–Crippen MR) is 49.8 cm³/mol. The van der Waals surface area contributed by atoms with Gasteiger partial charge in [0, 0.05) is 41.7 Å². The van der Waals surface area contributed by atoms with Crippen molar-refractivity contribution in [1.82, 2.24) is 9.24 Å². The van der Waals surface area contributed by atoms with Gasteiger partial charge in [0.15, 0.2) is 0 Å². The molecule has 0 aliphatic carbocycles. The summed E-state index contributed by atoms with van der Waals surface area (Å²) in [7, 11) is 0. The zero-order chi connectivity index (χ0) is 8.55. The Hall–Kier alpha value is -0.0900. The Morgan fingerprint density at radius 2 is 2.33 bits per heavy atom. The van der Waals surface area contributed by atoms with Crippen molar-refractivity contribution in [3.8, 4) is 0 Å². The Morgan fingerprint density at radius 3 is 3.17 bits per heavy atom. The standard InChI is InChI=1S/C8H13BrN2O/c9-11-4-3-7-6(5-11)1-2-8(12)10-7/h6-7H,1-5H2,(H,10,12). The topological polar surface area (TPSA) is 32.3 Å². The molecule has 2 rings (SSSR count). The van der Waals surface area contributed by atoms with E-state index < -0.39 is 0 Å². The number of nitrogens with zero attached hydrogens (tertiary/aromatic N) is 1.